The van der Waals surface area contributed by atoms with Crippen LogP contribution >= 0.6 is 0 Å². The molecule has 3 aromatic heterocycles. The summed E-state index contributed by atoms with van der Waals surface area (Å²) < 4.78 is 6.28. The van der Waals surface area contributed by atoms with Gasteiger partial charge in [-0.15, -0.1) is 0 Å². The van der Waals surface area contributed by atoms with Gasteiger partial charge in [0.05, 0.1) is 23.9 Å². The van der Waals surface area contributed by atoms with Gasteiger partial charge in [0.1, 0.15) is 16.9 Å². The Kier molecular flexibility index (Phi) is 5.71. The summed E-state index contributed by atoms with van der Waals surface area (Å²) in [6.07, 6.45) is 3.39. The van der Waals surface area contributed by atoms with Crippen LogP contribution in [0.3, 0.4) is 0 Å². The average Bonchev–Trinajstić information content (AvgIpc) is 3.74. The van der Waals surface area contributed by atoms with Crippen LogP contribution in [0, 0.1) is 0 Å². The fraction of sp³-hybridized carbons (Fsp3) is 0. The molecular weight excluding hydrogens is 516 g/mol. The lowest BCUT2D eigenvalue weighted by Crippen LogP contribution is -1.96. The van der Waals surface area contributed by atoms with Crippen LogP contribution in [-0.2, 0) is 0 Å². The summed E-state index contributed by atoms with van der Waals surface area (Å²) in [5.41, 5.74) is 10.8. The number of nitrogens with zero attached hydrogens (tertiary/aromatic N) is 3. The second kappa shape index (κ2) is 9.98. The normalized spacial score (nSPS) is 11.3. The number of hydrogen-bond donors (Lipinski definition) is 1. The Balaban J connectivity index is 1.19. The van der Waals surface area contributed by atoms with Crippen molar-refractivity contribution in [3.05, 3.63) is 140 Å². The molecule has 42 heavy (non-hydrogen) atoms. The first-order chi connectivity index (χ1) is 20.8. The molecule has 0 amide bonds. The van der Waals surface area contributed by atoms with Crippen LogP contribution in [0.2, 0.25) is 0 Å². The van der Waals surface area contributed by atoms with E-state index < -0.39 is 0 Å². The molecule has 0 saturated carbocycles. The average molecular weight is 541 g/mol. The molecule has 0 atom stereocenters. The maximum absolute atomic E-state index is 6.28. The van der Waals surface area contributed by atoms with Crippen LogP contribution in [0.15, 0.2) is 144 Å². The van der Waals surface area contributed by atoms with Crippen molar-refractivity contribution in [3.8, 4) is 56.3 Å². The van der Waals surface area contributed by atoms with Crippen molar-refractivity contribution in [1.82, 2.24) is 19.9 Å². The van der Waals surface area contributed by atoms with Crippen molar-refractivity contribution in [3.63, 3.8) is 0 Å². The largest absolute Gasteiger partial charge is 0.455 e. The number of H-pyrrole nitrogens is 1. The molecule has 5 heteroatoms. The van der Waals surface area contributed by atoms with E-state index in [-0.39, 0.29) is 0 Å². The highest BCUT2D eigenvalue weighted by Gasteiger charge is 2.14. The maximum atomic E-state index is 6.28. The van der Waals surface area contributed by atoms with E-state index in [1.54, 1.807) is 12.5 Å². The van der Waals surface area contributed by atoms with E-state index >= 15 is 0 Å². The number of aromatic amines is 1. The number of furan rings is 1. The molecule has 0 aliphatic rings. The van der Waals surface area contributed by atoms with E-state index in [4.69, 9.17) is 14.4 Å². The third-order valence-electron chi connectivity index (χ3n) is 7.65. The zero-order valence-electron chi connectivity index (χ0n) is 22.5. The fourth-order valence-electron chi connectivity index (χ4n) is 5.50. The minimum atomic E-state index is 0.600. The van der Waals surface area contributed by atoms with Gasteiger partial charge in [0.15, 0.2) is 5.82 Å². The molecule has 0 fully saturated rings. The van der Waals surface area contributed by atoms with Crippen LogP contribution in [-0.4, -0.2) is 19.9 Å². The number of para-hydroxylation sites is 2. The Hall–Kier alpha value is -5.81. The molecule has 0 bridgehead atoms. The van der Waals surface area contributed by atoms with E-state index in [9.17, 15) is 0 Å². The predicted molar refractivity (Wildman–Crippen MR) is 169 cm³/mol. The third-order valence-corrected chi connectivity index (χ3v) is 7.65. The van der Waals surface area contributed by atoms with Gasteiger partial charge >= 0.3 is 0 Å². The first kappa shape index (κ1) is 24.0. The molecule has 0 saturated heterocycles. The third kappa shape index (κ3) is 4.25. The van der Waals surface area contributed by atoms with E-state index in [2.05, 4.69) is 107 Å². The molecule has 0 radical (unpaired) electrons. The lowest BCUT2D eigenvalue weighted by Gasteiger charge is -2.10. The van der Waals surface area contributed by atoms with Gasteiger partial charge < -0.3 is 9.40 Å². The van der Waals surface area contributed by atoms with E-state index in [1.807, 2.05) is 30.3 Å². The second-order valence-corrected chi connectivity index (χ2v) is 10.2. The number of fused-ring (bicyclic) bond motifs is 3. The Morgan fingerprint density at radius 1 is 0.524 bits per heavy atom. The molecule has 5 nitrogen and oxygen atoms in total. The van der Waals surface area contributed by atoms with Crippen LogP contribution in [0.25, 0.3) is 78.2 Å². The van der Waals surface area contributed by atoms with Gasteiger partial charge in [-0.2, -0.15) is 0 Å². The zero-order valence-corrected chi connectivity index (χ0v) is 22.5. The maximum Gasteiger partial charge on any atom is 0.178 e. The van der Waals surface area contributed by atoms with Crippen molar-refractivity contribution in [2.75, 3.05) is 0 Å². The van der Waals surface area contributed by atoms with Crippen LogP contribution in [0.1, 0.15) is 0 Å². The van der Waals surface area contributed by atoms with Gasteiger partial charge in [0.25, 0.3) is 0 Å². The van der Waals surface area contributed by atoms with Crippen molar-refractivity contribution >= 4 is 21.9 Å². The molecule has 5 aromatic carbocycles. The van der Waals surface area contributed by atoms with Crippen LogP contribution in [0.4, 0.5) is 0 Å². The topological polar surface area (TPSA) is 67.6 Å². The molecule has 0 unspecified atom stereocenters. The lowest BCUT2D eigenvalue weighted by molar-refractivity contribution is 0.670. The smallest absolute Gasteiger partial charge is 0.178 e. The molecule has 8 aromatic rings. The Morgan fingerprint density at radius 2 is 1.14 bits per heavy atom. The fourth-order valence-corrected chi connectivity index (χ4v) is 5.50. The van der Waals surface area contributed by atoms with Crippen molar-refractivity contribution in [2.24, 2.45) is 0 Å². The van der Waals surface area contributed by atoms with Crippen molar-refractivity contribution in [2.45, 2.75) is 0 Å². The van der Waals surface area contributed by atoms with Gasteiger partial charge in [0, 0.05) is 27.5 Å². The van der Waals surface area contributed by atoms with E-state index in [1.165, 1.54) is 5.56 Å². The van der Waals surface area contributed by atoms with E-state index in [0.29, 0.717) is 5.82 Å². The Labute approximate surface area is 242 Å². The van der Waals surface area contributed by atoms with Gasteiger partial charge in [-0.3, -0.25) is 0 Å². The number of hydrogen-bond acceptors (Lipinski definition) is 4. The second-order valence-electron chi connectivity index (χ2n) is 10.2. The molecule has 0 aliphatic carbocycles. The summed E-state index contributed by atoms with van der Waals surface area (Å²) in [4.78, 5) is 17.2. The number of aromatic nitrogens is 4. The number of nitrogens with one attached hydrogen (secondary N) is 1. The summed E-state index contributed by atoms with van der Waals surface area (Å²) >= 11 is 0. The monoisotopic (exact) mass is 540 g/mol. The highest BCUT2D eigenvalue weighted by atomic mass is 16.3. The molecule has 1 N–H and O–H groups in total. The summed E-state index contributed by atoms with van der Waals surface area (Å²) in [5, 5.41) is 2.25. The van der Waals surface area contributed by atoms with Gasteiger partial charge in [-0.25, -0.2) is 15.0 Å². The van der Waals surface area contributed by atoms with Gasteiger partial charge in [-0.1, -0.05) is 115 Å². The molecule has 3 heterocycles. The number of rotatable bonds is 5. The summed E-state index contributed by atoms with van der Waals surface area (Å²) in [5.74, 6) is 0.600. The van der Waals surface area contributed by atoms with Crippen molar-refractivity contribution < 1.29 is 4.42 Å². The minimum Gasteiger partial charge on any atom is -0.455 e. The quantitative estimate of drug-likeness (QED) is 0.236. The van der Waals surface area contributed by atoms with Crippen LogP contribution < -0.4 is 0 Å². The molecule has 8 rings (SSSR count). The number of benzene rings is 5. The summed E-state index contributed by atoms with van der Waals surface area (Å²) in [6, 6.07) is 43.9. The molecule has 0 spiro atoms. The highest BCUT2D eigenvalue weighted by Crippen LogP contribution is 2.36. The Bertz CT molecular complexity index is 2160. The first-order valence-corrected chi connectivity index (χ1v) is 13.8. The standard InChI is InChI=1S/C37H24N4O/c1-2-7-24(8-3-1)25-13-17-27(18-14-25)32-21-33(41-37(40-32)34-22-38-23-39-34)28-19-15-26(16-20-28)29-10-6-11-31-30-9-4-5-12-35(30)42-36(29)31/h1-23H,(H,38,39). The van der Waals surface area contributed by atoms with Gasteiger partial charge in [0.2, 0.25) is 0 Å². The first-order valence-electron chi connectivity index (χ1n) is 13.8. The molecule has 0 aliphatic heterocycles. The predicted octanol–water partition coefficient (Wildman–Crippen LogP) is 9.43. The molecular formula is C37H24N4O. The summed E-state index contributed by atoms with van der Waals surface area (Å²) in [6.45, 7) is 0. The SMILES string of the molecule is c1ccc(-c2ccc(-c3cc(-c4ccc(-c5cccc6c5oc5ccccc56)cc4)nc(-c4cnc[nH]4)n3)cc2)cc1. The van der Waals surface area contributed by atoms with Gasteiger partial charge in [-0.05, 0) is 28.8 Å². The Morgan fingerprint density at radius 3 is 1.86 bits per heavy atom. The highest BCUT2D eigenvalue weighted by molar-refractivity contribution is 6.09. The lowest BCUT2D eigenvalue weighted by atomic mass is 9.99. The molecule has 198 valence electrons. The summed E-state index contributed by atoms with van der Waals surface area (Å²) in [7, 11) is 0. The number of imidazole rings is 1. The van der Waals surface area contributed by atoms with E-state index in [0.717, 1.165) is 66.8 Å². The van der Waals surface area contributed by atoms with Crippen molar-refractivity contribution in [1.29, 1.82) is 0 Å². The van der Waals surface area contributed by atoms with Crippen LogP contribution in [0.5, 0.6) is 0 Å². The minimum absolute atomic E-state index is 0.600. The zero-order chi connectivity index (χ0) is 27.9.